The van der Waals surface area contributed by atoms with Crippen LogP contribution in [0, 0.1) is 6.92 Å². The van der Waals surface area contributed by atoms with E-state index in [1.54, 1.807) is 36.9 Å². The van der Waals surface area contributed by atoms with Crippen LogP contribution >= 0.6 is 0 Å². The molecule has 2 N–H and O–H groups in total. The summed E-state index contributed by atoms with van der Waals surface area (Å²) < 4.78 is 10.5. The van der Waals surface area contributed by atoms with E-state index in [1.165, 1.54) is 7.05 Å². The van der Waals surface area contributed by atoms with Gasteiger partial charge in [-0.25, -0.2) is 4.79 Å². The Bertz CT molecular complexity index is 1840. The van der Waals surface area contributed by atoms with Gasteiger partial charge in [-0.15, -0.1) is 0 Å². The zero-order chi connectivity index (χ0) is 26.0. The number of fused-ring (bicyclic) bond motifs is 5. The SMILES string of the molecule is COc1cc(O)ccc1C1Nc2ccccc2-n2c(-c3ccccc3C)c3c(=O)n(C)c(=O)n(C)c3c21. The number of nitrogens with zero attached hydrogens (tertiary/aromatic N) is 3. The molecule has 1 aliphatic rings. The predicted octanol–water partition coefficient (Wildman–Crippen LogP) is 4.23. The first-order chi connectivity index (χ1) is 17.8. The molecule has 0 radical (unpaired) electrons. The van der Waals surface area contributed by atoms with Crippen molar-refractivity contribution in [2.75, 3.05) is 12.4 Å². The van der Waals surface area contributed by atoms with Gasteiger partial charge in [-0.3, -0.25) is 13.9 Å². The molecule has 0 amide bonds. The topological polar surface area (TPSA) is 90.4 Å². The molecule has 5 aromatic rings. The van der Waals surface area contributed by atoms with Crippen molar-refractivity contribution in [1.29, 1.82) is 0 Å². The summed E-state index contributed by atoms with van der Waals surface area (Å²) in [6, 6.07) is 20.3. The largest absolute Gasteiger partial charge is 0.508 e. The molecule has 0 spiro atoms. The van der Waals surface area contributed by atoms with Crippen LogP contribution in [-0.4, -0.2) is 25.9 Å². The van der Waals surface area contributed by atoms with Crippen LogP contribution in [-0.2, 0) is 14.1 Å². The summed E-state index contributed by atoms with van der Waals surface area (Å²) in [7, 11) is 4.75. The van der Waals surface area contributed by atoms with E-state index in [4.69, 9.17) is 4.74 Å². The summed E-state index contributed by atoms with van der Waals surface area (Å²) in [5.74, 6) is 0.572. The molecule has 0 saturated heterocycles. The van der Waals surface area contributed by atoms with Crippen molar-refractivity contribution < 1.29 is 9.84 Å². The molecule has 0 bridgehead atoms. The lowest BCUT2D eigenvalue weighted by Crippen LogP contribution is -2.37. The highest BCUT2D eigenvalue weighted by Crippen LogP contribution is 2.47. The van der Waals surface area contributed by atoms with E-state index < -0.39 is 11.7 Å². The monoisotopic (exact) mass is 494 g/mol. The zero-order valence-electron chi connectivity index (χ0n) is 20.9. The second-order valence-electron chi connectivity index (χ2n) is 9.33. The second kappa shape index (κ2) is 8.16. The van der Waals surface area contributed by atoms with Crippen LogP contribution in [0.2, 0.25) is 0 Å². The fraction of sp³-hybridized carbons (Fsp3) is 0.172. The minimum absolute atomic E-state index is 0.0823. The van der Waals surface area contributed by atoms with Gasteiger partial charge in [0.15, 0.2) is 0 Å². The highest BCUT2D eigenvalue weighted by Gasteiger charge is 2.36. The zero-order valence-corrected chi connectivity index (χ0v) is 20.9. The maximum atomic E-state index is 13.8. The molecule has 37 heavy (non-hydrogen) atoms. The van der Waals surface area contributed by atoms with E-state index in [0.717, 1.165) is 44.0 Å². The number of aromatic nitrogens is 3. The molecule has 1 unspecified atom stereocenters. The highest BCUT2D eigenvalue weighted by molar-refractivity contribution is 6.00. The van der Waals surface area contributed by atoms with Gasteiger partial charge in [0.25, 0.3) is 5.56 Å². The number of nitrogens with one attached hydrogen (secondary N) is 1. The van der Waals surface area contributed by atoms with Crippen molar-refractivity contribution >= 4 is 16.6 Å². The highest BCUT2D eigenvalue weighted by atomic mass is 16.5. The van der Waals surface area contributed by atoms with Gasteiger partial charge in [0.05, 0.1) is 46.8 Å². The first-order valence-corrected chi connectivity index (χ1v) is 12.0. The molecule has 3 heterocycles. The molecule has 1 atom stereocenters. The van der Waals surface area contributed by atoms with Gasteiger partial charge in [-0.2, -0.15) is 0 Å². The normalized spacial score (nSPS) is 14.2. The van der Waals surface area contributed by atoms with E-state index in [1.807, 2.05) is 55.5 Å². The van der Waals surface area contributed by atoms with E-state index in [0.29, 0.717) is 16.7 Å². The Labute approximate surface area is 212 Å². The summed E-state index contributed by atoms with van der Waals surface area (Å²) in [6.07, 6.45) is 0. The molecule has 2 aromatic heterocycles. The number of phenolic OH excluding ortho intramolecular Hbond substituents is 1. The Morgan fingerprint density at radius 2 is 1.68 bits per heavy atom. The first-order valence-electron chi connectivity index (χ1n) is 12.0. The maximum Gasteiger partial charge on any atom is 0.331 e. The van der Waals surface area contributed by atoms with Crippen molar-refractivity contribution in [1.82, 2.24) is 13.7 Å². The number of benzene rings is 3. The summed E-state index contributed by atoms with van der Waals surface area (Å²) in [4.78, 5) is 27.0. The number of ether oxygens (including phenoxy) is 1. The lowest BCUT2D eigenvalue weighted by molar-refractivity contribution is 0.401. The van der Waals surface area contributed by atoms with Gasteiger partial charge < -0.3 is 19.7 Å². The number of para-hydroxylation sites is 2. The number of hydrogen-bond donors (Lipinski definition) is 2. The summed E-state index contributed by atoms with van der Waals surface area (Å²) in [5.41, 5.74) is 5.68. The number of aromatic hydroxyl groups is 1. The molecule has 0 aliphatic carbocycles. The van der Waals surface area contributed by atoms with Crippen molar-refractivity contribution in [3.8, 4) is 28.4 Å². The Morgan fingerprint density at radius 3 is 2.43 bits per heavy atom. The summed E-state index contributed by atoms with van der Waals surface area (Å²) >= 11 is 0. The number of phenols is 1. The van der Waals surface area contributed by atoms with Crippen molar-refractivity contribution in [3.05, 3.63) is 104 Å². The fourth-order valence-electron chi connectivity index (χ4n) is 5.48. The van der Waals surface area contributed by atoms with Crippen LogP contribution < -0.4 is 21.3 Å². The minimum atomic E-state index is -0.483. The van der Waals surface area contributed by atoms with Crippen molar-refractivity contribution in [3.63, 3.8) is 0 Å². The average molecular weight is 495 g/mol. The third-order valence-electron chi connectivity index (χ3n) is 7.25. The molecule has 1 aliphatic heterocycles. The van der Waals surface area contributed by atoms with E-state index in [9.17, 15) is 14.7 Å². The number of methoxy groups -OCH3 is 1. The van der Waals surface area contributed by atoms with Gasteiger partial charge in [-0.1, -0.05) is 36.4 Å². The predicted molar refractivity (Wildman–Crippen MR) is 144 cm³/mol. The first kappa shape index (κ1) is 22.7. The van der Waals surface area contributed by atoms with Crippen LogP contribution in [0.3, 0.4) is 0 Å². The van der Waals surface area contributed by atoms with Crippen LogP contribution in [0.1, 0.15) is 22.9 Å². The van der Waals surface area contributed by atoms with Gasteiger partial charge in [-0.05, 0) is 36.8 Å². The molecule has 6 rings (SSSR count). The van der Waals surface area contributed by atoms with Gasteiger partial charge in [0, 0.05) is 31.3 Å². The molecule has 0 fully saturated rings. The van der Waals surface area contributed by atoms with Crippen LogP contribution in [0.5, 0.6) is 11.5 Å². The smallest absolute Gasteiger partial charge is 0.331 e. The third kappa shape index (κ3) is 3.15. The Hall–Kier alpha value is -4.72. The number of rotatable bonds is 3. The molecule has 8 heteroatoms. The molecular weight excluding hydrogens is 468 g/mol. The van der Waals surface area contributed by atoms with Gasteiger partial charge in [0.1, 0.15) is 11.5 Å². The summed E-state index contributed by atoms with van der Waals surface area (Å²) in [6.45, 7) is 2.01. The van der Waals surface area contributed by atoms with E-state index >= 15 is 0 Å². The fourth-order valence-corrected chi connectivity index (χ4v) is 5.48. The quantitative estimate of drug-likeness (QED) is 0.392. The molecule has 0 saturated carbocycles. The minimum Gasteiger partial charge on any atom is -0.508 e. The standard InChI is InChI=1S/C29H26N4O4/c1-16-9-5-6-10-18(16)25-23-26(31(2)29(36)32(3)28(23)35)27-24(19-14-13-17(34)15-22(19)37-4)30-20-11-7-8-12-21(20)33(25)27/h5-15,24,30,34H,1-4H3. The average Bonchev–Trinajstić information content (AvgIpc) is 3.27. The molecule has 3 aromatic carbocycles. The second-order valence-corrected chi connectivity index (χ2v) is 9.33. The van der Waals surface area contributed by atoms with Crippen LogP contribution in [0.15, 0.2) is 76.3 Å². The number of aryl methyl sites for hydroxylation is 2. The van der Waals surface area contributed by atoms with Crippen molar-refractivity contribution in [2.45, 2.75) is 13.0 Å². The van der Waals surface area contributed by atoms with E-state index in [-0.39, 0.29) is 11.3 Å². The van der Waals surface area contributed by atoms with Gasteiger partial charge in [0.2, 0.25) is 0 Å². The lowest BCUT2D eigenvalue weighted by Gasteiger charge is -2.32. The Morgan fingerprint density at radius 1 is 0.946 bits per heavy atom. The maximum absolute atomic E-state index is 13.8. The number of anilines is 1. The Balaban J connectivity index is 1.88. The van der Waals surface area contributed by atoms with Crippen LogP contribution in [0.4, 0.5) is 5.69 Å². The molecule has 186 valence electrons. The Kier molecular flexibility index (Phi) is 5.01. The number of hydrogen-bond acceptors (Lipinski definition) is 5. The van der Waals surface area contributed by atoms with E-state index in [2.05, 4.69) is 9.88 Å². The van der Waals surface area contributed by atoms with Crippen LogP contribution in [0.25, 0.3) is 27.8 Å². The summed E-state index contributed by atoms with van der Waals surface area (Å²) in [5, 5.41) is 14.2. The molecule has 8 nitrogen and oxygen atoms in total. The third-order valence-corrected chi connectivity index (χ3v) is 7.25. The van der Waals surface area contributed by atoms with Crippen molar-refractivity contribution in [2.24, 2.45) is 14.1 Å². The van der Waals surface area contributed by atoms with Gasteiger partial charge >= 0.3 is 5.69 Å². The lowest BCUT2D eigenvalue weighted by atomic mass is 9.98. The molecular formula is C29H26N4O4.